The standard InChI is InChI=1S/C9H14ClN3O3S/c1-12-6-11-9(8(12)10)17(15,16)13(4-5-14)7-2-3-7/h6-7,14H,2-5H2,1H3. The summed E-state index contributed by atoms with van der Waals surface area (Å²) in [5.74, 6) is 0. The Labute approximate surface area is 105 Å². The lowest BCUT2D eigenvalue weighted by atomic mass is 10.6. The van der Waals surface area contributed by atoms with Crippen molar-refractivity contribution in [2.45, 2.75) is 23.9 Å². The Hall–Kier alpha value is -0.630. The molecule has 1 N–H and O–H groups in total. The molecule has 1 aliphatic rings. The first-order valence-corrected chi connectivity index (χ1v) is 7.10. The van der Waals surface area contributed by atoms with Crippen LogP contribution in [0.3, 0.4) is 0 Å². The zero-order valence-electron chi connectivity index (χ0n) is 9.37. The number of aliphatic hydroxyl groups excluding tert-OH is 1. The van der Waals surface area contributed by atoms with Crippen molar-refractivity contribution in [1.82, 2.24) is 13.9 Å². The number of imidazole rings is 1. The van der Waals surface area contributed by atoms with Crippen LogP contribution in [0.5, 0.6) is 0 Å². The summed E-state index contributed by atoms with van der Waals surface area (Å²) >= 11 is 5.89. The van der Waals surface area contributed by atoms with Crippen molar-refractivity contribution in [3.63, 3.8) is 0 Å². The number of hydrogen-bond acceptors (Lipinski definition) is 4. The normalized spacial score (nSPS) is 16.7. The molecular formula is C9H14ClN3O3S. The summed E-state index contributed by atoms with van der Waals surface area (Å²) in [6.45, 7) is -0.125. The van der Waals surface area contributed by atoms with Crippen LogP contribution in [-0.2, 0) is 17.1 Å². The molecule has 8 heteroatoms. The van der Waals surface area contributed by atoms with Crippen molar-refractivity contribution in [1.29, 1.82) is 0 Å². The van der Waals surface area contributed by atoms with Crippen molar-refractivity contribution >= 4 is 21.6 Å². The summed E-state index contributed by atoms with van der Waals surface area (Å²) in [4.78, 5) is 3.82. The Morgan fingerprint density at radius 2 is 2.29 bits per heavy atom. The number of aromatic nitrogens is 2. The molecule has 1 heterocycles. The highest BCUT2D eigenvalue weighted by atomic mass is 35.5. The van der Waals surface area contributed by atoms with Gasteiger partial charge in [0.05, 0.1) is 12.9 Å². The Kier molecular flexibility index (Phi) is 3.44. The molecule has 0 unspecified atom stereocenters. The molecule has 1 aromatic heterocycles. The molecule has 1 fully saturated rings. The summed E-state index contributed by atoms with van der Waals surface area (Å²) in [5, 5.41) is 8.89. The van der Waals surface area contributed by atoms with E-state index in [9.17, 15) is 8.42 Å². The van der Waals surface area contributed by atoms with Crippen molar-refractivity contribution in [3.05, 3.63) is 11.5 Å². The lowest BCUT2D eigenvalue weighted by molar-refractivity contribution is 0.250. The third kappa shape index (κ3) is 2.33. The maximum absolute atomic E-state index is 12.3. The Bertz CT molecular complexity index is 510. The van der Waals surface area contributed by atoms with Gasteiger partial charge < -0.3 is 9.67 Å². The lowest BCUT2D eigenvalue weighted by Gasteiger charge is -2.19. The second-order valence-corrected chi connectivity index (χ2v) is 6.19. The van der Waals surface area contributed by atoms with Gasteiger partial charge in [-0.25, -0.2) is 13.4 Å². The van der Waals surface area contributed by atoms with Crippen LogP contribution in [0.1, 0.15) is 12.8 Å². The van der Waals surface area contributed by atoms with Gasteiger partial charge in [0.25, 0.3) is 10.0 Å². The molecular weight excluding hydrogens is 266 g/mol. The monoisotopic (exact) mass is 279 g/mol. The van der Waals surface area contributed by atoms with Crippen LogP contribution in [0.2, 0.25) is 5.15 Å². The number of aliphatic hydroxyl groups is 1. The number of hydrogen-bond donors (Lipinski definition) is 1. The molecule has 0 radical (unpaired) electrons. The molecule has 0 aromatic carbocycles. The molecule has 96 valence electrons. The summed E-state index contributed by atoms with van der Waals surface area (Å²) < 4.78 is 27.3. The average Bonchev–Trinajstić information content (AvgIpc) is 3.03. The molecule has 0 atom stereocenters. The molecule has 2 rings (SSSR count). The van der Waals surface area contributed by atoms with Crippen molar-refractivity contribution < 1.29 is 13.5 Å². The van der Waals surface area contributed by atoms with Crippen LogP contribution in [0.25, 0.3) is 0 Å². The smallest absolute Gasteiger partial charge is 0.264 e. The van der Waals surface area contributed by atoms with Crippen LogP contribution in [0, 0.1) is 0 Å². The minimum atomic E-state index is -3.70. The average molecular weight is 280 g/mol. The molecule has 0 aliphatic heterocycles. The minimum Gasteiger partial charge on any atom is -0.395 e. The Morgan fingerprint density at radius 3 is 2.71 bits per heavy atom. The SMILES string of the molecule is Cn1cnc(S(=O)(=O)N(CCO)C2CC2)c1Cl. The fourth-order valence-corrected chi connectivity index (χ4v) is 3.71. The molecule has 0 bridgehead atoms. The van der Waals surface area contributed by atoms with Crippen LogP contribution < -0.4 is 0 Å². The number of rotatable bonds is 5. The van der Waals surface area contributed by atoms with E-state index in [2.05, 4.69) is 4.98 Å². The second kappa shape index (κ2) is 4.56. The highest BCUT2D eigenvalue weighted by Crippen LogP contribution is 2.33. The first-order chi connectivity index (χ1) is 7.98. The predicted octanol–water partition coefficient (Wildman–Crippen LogP) is 0.219. The summed E-state index contributed by atoms with van der Waals surface area (Å²) in [6.07, 6.45) is 3.01. The minimum absolute atomic E-state index is 0.0229. The van der Waals surface area contributed by atoms with Gasteiger partial charge in [-0.15, -0.1) is 0 Å². The molecule has 17 heavy (non-hydrogen) atoms. The Morgan fingerprint density at radius 1 is 1.65 bits per heavy atom. The molecule has 1 saturated carbocycles. The third-order valence-electron chi connectivity index (χ3n) is 2.66. The summed E-state index contributed by atoms with van der Waals surface area (Å²) in [5.41, 5.74) is 0. The van der Waals surface area contributed by atoms with Gasteiger partial charge in [0.1, 0.15) is 5.15 Å². The van der Waals surface area contributed by atoms with Gasteiger partial charge >= 0.3 is 0 Å². The van der Waals surface area contributed by atoms with E-state index in [1.54, 1.807) is 7.05 Å². The number of halogens is 1. The van der Waals surface area contributed by atoms with Gasteiger partial charge in [-0.05, 0) is 12.8 Å². The van der Waals surface area contributed by atoms with E-state index < -0.39 is 10.0 Å². The predicted molar refractivity (Wildman–Crippen MR) is 62.2 cm³/mol. The van der Waals surface area contributed by atoms with Gasteiger partial charge in [0.2, 0.25) is 5.03 Å². The quantitative estimate of drug-likeness (QED) is 0.837. The molecule has 0 spiro atoms. The van der Waals surface area contributed by atoms with Crippen LogP contribution >= 0.6 is 11.6 Å². The topological polar surface area (TPSA) is 75.4 Å². The van der Waals surface area contributed by atoms with Crippen molar-refractivity contribution in [2.75, 3.05) is 13.2 Å². The second-order valence-electron chi connectivity index (χ2n) is 4.02. The van der Waals surface area contributed by atoms with Gasteiger partial charge in [0, 0.05) is 19.6 Å². The molecule has 6 nitrogen and oxygen atoms in total. The highest BCUT2D eigenvalue weighted by Gasteiger charge is 2.39. The molecule has 1 aromatic rings. The van der Waals surface area contributed by atoms with E-state index in [1.807, 2.05) is 0 Å². The summed E-state index contributed by atoms with van der Waals surface area (Å²) in [7, 11) is -2.07. The Balaban J connectivity index is 2.37. The zero-order chi connectivity index (χ0) is 12.6. The van der Waals surface area contributed by atoms with E-state index in [4.69, 9.17) is 16.7 Å². The van der Waals surface area contributed by atoms with Gasteiger partial charge in [-0.3, -0.25) is 0 Å². The molecule has 1 aliphatic carbocycles. The highest BCUT2D eigenvalue weighted by molar-refractivity contribution is 7.89. The van der Waals surface area contributed by atoms with Gasteiger partial charge in [-0.1, -0.05) is 11.6 Å². The third-order valence-corrected chi connectivity index (χ3v) is 5.11. The number of aryl methyl sites for hydroxylation is 1. The van der Waals surface area contributed by atoms with E-state index in [0.29, 0.717) is 0 Å². The fourth-order valence-electron chi connectivity index (χ4n) is 1.64. The molecule has 0 amide bonds. The first kappa shape index (κ1) is 12.8. The summed E-state index contributed by atoms with van der Waals surface area (Å²) in [6, 6.07) is -0.0229. The lowest BCUT2D eigenvalue weighted by Crippen LogP contribution is -2.35. The number of nitrogens with zero attached hydrogens (tertiary/aromatic N) is 3. The van der Waals surface area contributed by atoms with Crippen molar-refractivity contribution in [2.24, 2.45) is 7.05 Å². The van der Waals surface area contributed by atoms with Gasteiger partial charge in [-0.2, -0.15) is 4.31 Å². The van der Waals surface area contributed by atoms with Gasteiger partial charge in [0.15, 0.2) is 0 Å². The van der Waals surface area contributed by atoms with E-state index in [1.165, 1.54) is 15.2 Å². The largest absolute Gasteiger partial charge is 0.395 e. The fraction of sp³-hybridized carbons (Fsp3) is 0.667. The van der Waals surface area contributed by atoms with E-state index in [0.717, 1.165) is 12.8 Å². The maximum atomic E-state index is 12.3. The zero-order valence-corrected chi connectivity index (χ0v) is 10.9. The van der Waals surface area contributed by atoms with Crippen LogP contribution in [0.15, 0.2) is 11.4 Å². The van der Waals surface area contributed by atoms with Crippen LogP contribution in [-0.4, -0.2) is 46.6 Å². The maximum Gasteiger partial charge on any atom is 0.264 e. The molecule has 0 saturated heterocycles. The van der Waals surface area contributed by atoms with E-state index >= 15 is 0 Å². The van der Waals surface area contributed by atoms with E-state index in [-0.39, 0.29) is 29.4 Å². The number of sulfonamides is 1. The van der Waals surface area contributed by atoms with Crippen molar-refractivity contribution in [3.8, 4) is 0 Å². The first-order valence-electron chi connectivity index (χ1n) is 5.28. The van der Waals surface area contributed by atoms with Crippen LogP contribution in [0.4, 0.5) is 0 Å².